The van der Waals surface area contributed by atoms with Crippen LogP contribution in [0.2, 0.25) is 0 Å². The van der Waals surface area contributed by atoms with Crippen molar-refractivity contribution in [3.63, 3.8) is 0 Å². The van der Waals surface area contributed by atoms with Crippen LogP contribution < -0.4 is 4.90 Å². The highest BCUT2D eigenvalue weighted by molar-refractivity contribution is 7.26. The first-order chi connectivity index (χ1) is 31.2. The van der Waals surface area contributed by atoms with E-state index < -0.39 is 0 Å². The van der Waals surface area contributed by atoms with Crippen LogP contribution in [-0.2, 0) is 0 Å². The molecule has 0 N–H and O–H groups in total. The van der Waals surface area contributed by atoms with E-state index in [4.69, 9.17) is 4.42 Å². The lowest BCUT2D eigenvalue weighted by Gasteiger charge is -2.27. The van der Waals surface area contributed by atoms with Gasteiger partial charge in [0.2, 0.25) is 0 Å². The highest BCUT2D eigenvalue weighted by atomic mass is 32.1. The van der Waals surface area contributed by atoms with Gasteiger partial charge in [0, 0.05) is 59.1 Å². The number of nitrogens with zero attached hydrogens (tertiary/aromatic N) is 1. The molecule has 0 aliphatic carbocycles. The number of rotatable bonds is 6. The molecule has 0 spiro atoms. The quantitative estimate of drug-likeness (QED) is 0.155. The fourth-order valence-corrected chi connectivity index (χ4v) is 11.3. The lowest BCUT2D eigenvalue weighted by atomic mass is 9.94. The van der Waals surface area contributed by atoms with Gasteiger partial charge in [-0.2, -0.15) is 0 Å². The molecule has 0 atom stereocenters. The molecule has 0 bridgehead atoms. The minimum atomic E-state index is 0.916. The van der Waals surface area contributed by atoms with Crippen LogP contribution in [0, 0.1) is 0 Å². The third kappa shape index (κ3) is 5.71. The van der Waals surface area contributed by atoms with Crippen molar-refractivity contribution < 1.29 is 4.42 Å². The maximum Gasteiger partial charge on any atom is 0.143 e. The summed E-state index contributed by atoms with van der Waals surface area (Å²) in [6, 6.07) is 81.6. The van der Waals surface area contributed by atoms with Gasteiger partial charge in [0.25, 0.3) is 0 Å². The third-order valence-corrected chi connectivity index (χ3v) is 14.2. The molecule has 0 amide bonds. The Kier molecular flexibility index (Phi) is 8.12. The molecule has 0 saturated carbocycles. The van der Waals surface area contributed by atoms with E-state index in [1.807, 2.05) is 17.4 Å². The zero-order chi connectivity index (χ0) is 41.4. The fourth-order valence-electron chi connectivity index (χ4n) is 9.92. The van der Waals surface area contributed by atoms with Gasteiger partial charge in [0.1, 0.15) is 11.2 Å². The van der Waals surface area contributed by atoms with Crippen molar-refractivity contribution in [1.82, 2.24) is 0 Å². The Labute approximate surface area is 368 Å². The topological polar surface area (TPSA) is 16.4 Å². The second kappa shape index (κ2) is 14.3. The maximum atomic E-state index is 6.53. The van der Waals surface area contributed by atoms with Crippen molar-refractivity contribution in [3.8, 4) is 33.4 Å². The molecule has 0 saturated heterocycles. The Morgan fingerprint density at radius 2 is 0.746 bits per heavy atom. The van der Waals surface area contributed by atoms with Gasteiger partial charge in [-0.05, 0) is 97.0 Å². The smallest absolute Gasteiger partial charge is 0.143 e. The standard InChI is InChI=1S/C60H37NOS/c1-2-13-38(14-3-1)39-27-31-41(32-28-39)61(43-35-36-49-47-17-5-4-15-45(47)46-16-6-7-18-48(46)56(49)37-43)42-33-29-40(30-34-42)44-20-10-24-54-55-25-12-23-53(60(55)63-59(44)54)52-22-11-21-51-50-19-8-9-26-57(50)62-58(51)52/h1-37H. The number of anilines is 3. The number of hydrogen-bond acceptors (Lipinski definition) is 3. The predicted octanol–water partition coefficient (Wildman–Crippen LogP) is 17.9. The molecule has 2 aromatic heterocycles. The van der Waals surface area contributed by atoms with Crippen molar-refractivity contribution in [2.45, 2.75) is 0 Å². The predicted molar refractivity (Wildman–Crippen MR) is 270 cm³/mol. The van der Waals surface area contributed by atoms with Gasteiger partial charge in [-0.15, -0.1) is 11.3 Å². The summed E-state index contributed by atoms with van der Waals surface area (Å²) in [6.07, 6.45) is 0. The SMILES string of the molecule is c1ccc(-c2ccc(N(c3ccc(-c4cccc5c4sc4c(-c6cccc7c6oc6ccccc67)cccc45)cc3)c3ccc4c5ccccc5c5ccccc5c4c3)cc2)cc1. The summed E-state index contributed by atoms with van der Waals surface area (Å²) in [7, 11) is 0. The summed E-state index contributed by atoms with van der Waals surface area (Å²) in [5, 5.41) is 12.4. The molecule has 3 heteroatoms. The van der Waals surface area contributed by atoms with Gasteiger partial charge in [-0.1, -0.05) is 182 Å². The number of thiophene rings is 1. The summed E-state index contributed by atoms with van der Waals surface area (Å²) in [5.74, 6) is 0. The summed E-state index contributed by atoms with van der Waals surface area (Å²) < 4.78 is 9.09. The van der Waals surface area contributed by atoms with Crippen molar-refractivity contribution in [2.24, 2.45) is 0 Å². The first-order valence-electron chi connectivity index (χ1n) is 21.5. The first-order valence-corrected chi connectivity index (χ1v) is 22.3. The molecule has 0 unspecified atom stereocenters. The summed E-state index contributed by atoms with van der Waals surface area (Å²) in [6.45, 7) is 0. The normalized spacial score (nSPS) is 11.8. The monoisotopic (exact) mass is 819 g/mol. The highest BCUT2D eigenvalue weighted by Gasteiger charge is 2.20. The summed E-state index contributed by atoms with van der Waals surface area (Å²) in [4.78, 5) is 2.40. The van der Waals surface area contributed by atoms with Crippen molar-refractivity contribution in [3.05, 3.63) is 224 Å². The average molecular weight is 820 g/mol. The molecule has 11 aromatic carbocycles. The molecule has 13 rings (SSSR count). The van der Waals surface area contributed by atoms with Crippen molar-refractivity contribution >= 4 is 103 Å². The number of fused-ring (bicyclic) bond motifs is 12. The Morgan fingerprint density at radius 3 is 1.41 bits per heavy atom. The Balaban J connectivity index is 0.947. The molecule has 13 aromatic rings. The Hall–Kier alpha value is -7.98. The van der Waals surface area contributed by atoms with Crippen molar-refractivity contribution in [1.29, 1.82) is 0 Å². The average Bonchev–Trinajstić information content (AvgIpc) is 3.94. The lowest BCUT2D eigenvalue weighted by molar-refractivity contribution is 0.670. The van der Waals surface area contributed by atoms with E-state index in [-0.39, 0.29) is 0 Å². The molecule has 0 radical (unpaired) electrons. The summed E-state index contributed by atoms with van der Waals surface area (Å²) in [5.41, 5.74) is 12.3. The number of furan rings is 1. The van der Waals surface area contributed by atoms with E-state index in [2.05, 4.69) is 223 Å². The Bertz CT molecular complexity index is 3860. The van der Waals surface area contributed by atoms with Gasteiger partial charge in [-0.3, -0.25) is 0 Å². The zero-order valence-electron chi connectivity index (χ0n) is 34.1. The number of para-hydroxylation sites is 2. The van der Waals surface area contributed by atoms with E-state index >= 15 is 0 Å². The number of hydrogen-bond donors (Lipinski definition) is 0. The highest BCUT2D eigenvalue weighted by Crippen LogP contribution is 2.47. The molecular weight excluding hydrogens is 783 g/mol. The lowest BCUT2D eigenvalue weighted by Crippen LogP contribution is -2.10. The number of benzene rings is 11. The molecule has 294 valence electrons. The first kappa shape index (κ1) is 35.7. The molecule has 0 aliphatic rings. The van der Waals surface area contributed by atoms with E-state index in [1.165, 1.54) is 80.3 Å². The van der Waals surface area contributed by atoms with Crippen LogP contribution in [-0.4, -0.2) is 0 Å². The van der Waals surface area contributed by atoms with E-state index in [0.717, 1.165) is 44.6 Å². The molecular formula is C60H37NOS. The largest absolute Gasteiger partial charge is 0.455 e. The van der Waals surface area contributed by atoms with Crippen molar-refractivity contribution in [2.75, 3.05) is 4.90 Å². The van der Waals surface area contributed by atoms with Crippen LogP contribution in [0.4, 0.5) is 17.1 Å². The zero-order valence-corrected chi connectivity index (χ0v) is 34.9. The molecule has 63 heavy (non-hydrogen) atoms. The molecule has 0 fully saturated rings. The maximum absolute atomic E-state index is 6.53. The molecule has 2 heterocycles. The van der Waals surface area contributed by atoms with Gasteiger partial charge < -0.3 is 9.32 Å². The van der Waals surface area contributed by atoms with E-state index in [0.29, 0.717) is 0 Å². The van der Waals surface area contributed by atoms with Gasteiger partial charge >= 0.3 is 0 Å². The van der Waals surface area contributed by atoms with Crippen LogP contribution in [0.5, 0.6) is 0 Å². The molecule has 0 aliphatic heterocycles. The Morgan fingerprint density at radius 1 is 0.286 bits per heavy atom. The van der Waals surface area contributed by atoms with Gasteiger partial charge in [-0.25, -0.2) is 0 Å². The fraction of sp³-hybridized carbons (Fsp3) is 0. The minimum absolute atomic E-state index is 0.916. The van der Waals surface area contributed by atoms with Crippen LogP contribution in [0.3, 0.4) is 0 Å². The van der Waals surface area contributed by atoms with Gasteiger partial charge in [0.05, 0.1) is 0 Å². The summed E-state index contributed by atoms with van der Waals surface area (Å²) >= 11 is 1.87. The van der Waals surface area contributed by atoms with Crippen LogP contribution in [0.15, 0.2) is 229 Å². The van der Waals surface area contributed by atoms with E-state index in [9.17, 15) is 0 Å². The second-order valence-corrected chi connectivity index (χ2v) is 17.4. The van der Waals surface area contributed by atoms with Gasteiger partial charge in [0.15, 0.2) is 0 Å². The van der Waals surface area contributed by atoms with Crippen LogP contribution >= 0.6 is 11.3 Å². The molecule has 2 nitrogen and oxygen atoms in total. The van der Waals surface area contributed by atoms with Crippen LogP contribution in [0.25, 0.3) is 108 Å². The minimum Gasteiger partial charge on any atom is -0.455 e. The second-order valence-electron chi connectivity index (χ2n) is 16.4. The third-order valence-electron chi connectivity index (χ3n) is 12.9. The van der Waals surface area contributed by atoms with E-state index in [1.54, 1.807) is 0 Å². The van der Waals surface area contributed by atoms with Crippen LogP contribution in [0.1, 0.15) is 0 Å².